The van der Waals surface area contributed by atoms with Gasteiger partial charge >= 0.3 is 0 Å². The van der Waals surface area contributed by atoms with E-state index in [4.69, 9.17) is 10.2 Å². The van der Waals surface area contributed by atoms with E-state index in [2.05, 4.69) is 0 Å². The van der Waals surface area contributed by atoms with E-state index >= 15 is 0 Å². The smallest absolute Gasteiger partial charge is 0.173 e. The van der Waals surface area contributed by atoms with Gasteiger partial charge in [-0.15, -0.1) is 0 Å². The third-order valence-corrected chi connectivity index (χ3v) is 2.08. The second kappa shape index (κ2) is 3.31. The SMILES string of the molecule is NCCc1oc2c(F)cccc2c1O. The number of hydrogen-bond donors (Lipinski definition) is 2. The number of hydrogen-bond acceptors (Lipinski definition) is 3. The van der Waals surface area contributed by atoms with E-state index in [9.17, 15) is 9.50 Å². The molecule has 1 heterocycles. The Bertz CT molecular complexity index is 464. The topological polar surface area (TPSA) is 59.4 Å². The molecule has 0 aliphatic rings. The second-order valence-electron chi connectivity index (χ2n) is 3.03. The molecule has 1 aromatic heterocycles. The van der Waals surface area contributed by atoms with Gasteiger partial charge in [0, 0.05) is 6.42 Å². The Hall–Kier alpha value is -1.55. The Morgan fingerprint density at radius 3 is 2.86 bits per heavy atom. The van der Waals surface area contributed by atoms with Gasteiger partial charge in [0.25, 0.3) is 0 Å². The van der Waals surface area contributed by atoms with Gasteiger partial charge in [-0.25, -0.2) is 4.39 Å². The lowest BCUT2D eigenvalue weighted by molar-refractivity contribution is 0.438. The molecule has 0 saturated carbocycles. The van der Waals surface area contributed by atoms with Gasteiger partial charge in [0.2, 0.25) is 0 Å². The summed E-state index contributed by atoms with van der Waals surface area (Å²) in [4.78, 5) is 0. The molecule has 4 heteroatoms. The first-order chi connectivity index (χ1) is 6.74. The molecule has 1 aromatic carbocycles. The number of furan rings is 1. The van der Waals surface area contributed by atoms with Crippen LogP contribution in [0.25, 0.3) is 11.0 Å². The van der Waals surface area contributed by atoms with Crippen molar-refractivity contribution in [2.24, 2.45) is 5.73 Å². The number of para-hydroxylation sites is 1. The van der Waals surface area contributed by atoms with Crippen LogP contribution in [0.4, 0.5) is 4.39 Å². The molecule has 14 heavy (non-hydrogen) atoms. The number of fused-ring (bicyclic) bond motifs is 1. The first-order valence-electron chi connectivity index (χ1n) is 4.33. The van der Waals surface area contributed by atoms with Crippen LogP contribution in [-0.2, 0) is 6.42 Å². The lowest BCUT2D eigenvalue weighted by Crippen LogP contribution is -2.01. The summed E-state index contributed by atoms with van der Waals surface area (Å²) in [5, 5.41) is 10.0. The number of aromatic hydroxyl groups is 1. The van der Waals surface area contributed by atoms with Gasteiger partial charge < -0.3 is 15.3 Å². The summed E-state index contributed by atoms with van der Waals surface area (Å²) in [6, 6.07) is 4.42. The van der Waals surface area contributed by atoms with E-state index in [0.29, 0.717) is 24.1 Å². The zero-order valence-corrected chi connectivity index (χ0v) is 7.46. The number of rotatable bonds is 2. The molecular formula is C10H10FNO2. The van der Waals surface area contributed by atoms with Crippen LogP contribution in [0.3, 0.4) is 0 Å². The molecule has 0 aliphatic heterocycles. The van der Waals surface area contributed by atoms with Crippen molar-refractivity contribution in [3.63, 3.8) is 0 Å². The molecule has 0 unspecified atom stereocenters. The number of benzene rings is 1. The van der Waals surface area contributed by atoms with Gasteiger partial charge in [0.1, 0.15) is 5.76 Å². The highest BCUT2D eigenvalue weighted by Gasteiger charge is 2.14. The molecule has 0 spiro atoms. The summed E-state index contributed by atoms with van der Waals surface area (Å²) in [5.41, 5.74) is 5.42. The highest BCUT2D eigenvalue weighted by Crippen LogP contribution is 2.33. The minimum absolute atomic E-state index is 0.00931. The van der Waals surface area contributed by atoms with E-state index in [1.807, 2.05) is 0 Å². The fraction of sp³-hybridized carbons (Fsp3) is 0.200. The molecular weight excluding hydrogens is 185 g/mol. The van der Waals surface area contributed by atoms with Crippen molar-refractivity contribution in [2.45, 2.75) is 6.42 Å². The standard InChI is InChI=1S/C10H10FNO2/c11-7-3-1-2-6-9(13)8(4-5-12)14-10(6)7/h1-3,13H,4-5,12H2. The quantitative estimate of drug-likeness (QED) is 0.767. The zero-order chi connectivity index (χ0) is 10.1. The molecule has 0 amide bonds. The average molecular weight is 195 g/mol. The Morgan fingerprint density at radius 2 is 2.21 bits per heavy atom. The summed E-state index contributed by atoms with van der Waals surface area (Å²) in [6.45, 7) is 0.356. The summed E-state index contributed by atoms with van der Waals surface area (Å²) in [5.74, 6) is -0.140. The van der Waals surface area contributed by atoms with E-state index in [1.165, 1.54) is 12.1 Å². The van der Waals surface area contributed by atoms with E-state index in [1.54, 1.807) is 6.07 Å². The minimum atomic E-state index is -0.471. The molecule has 74 valence electrons. The van der Waals surface area contributed by atoms with Crippen LogP contribution in [0.5, 0.6) is 5.75 Å². The van der Waals surface area contributed by atoms with Gasteiger partial charge in [0.05, 0.1) is 5.39 Å². The lowest BCUT2D eigenvalue weighted by atomic mass is 10.2. The molecule has 0 aliphatic carbocycles. The van der Waals surface area contributed by atoms with Gasteiger partial charge in [-0.05, 0) is 18.7 Å². The van der Waals surface area contributed by atoms with E-state index in [-0.39, 0.29) is 11.3 Å². The van der Waals surface area contributed by atoms with Crippen molar-refractivity contribution in [3.8, 4) is 5.75 Å². The Balaban J connectivity index is 2.67. The highest BCUT2D eigenvalue weighted by molar-refractivity contribution is 5.85. The third kappa shape index (κ3) is 1.24. The van der Waals surface area contributed by atoms with Gasteiger partial charge in [-0.2, -0.15) is 0 Å². The van der Waals surface area contributed by atoms with Crippen molar-refractivity contribution >= 4 is 11.0 Å². The van der Waals surface area contributed by atoms with Crippen LogP contribution < -0.4 is 5.73 Å². The van der Waals surface area contributed by atoms with Crippen LogP contribution in [0.1, 0.15) is 5.76 Å². The van der Waals surface area contributed by atoms with Gasteiger partial charge in [0.15, 0.2) is 17.1 Å². The van der Waals surface area contributed by atoms with Crippen LogP contribution in [0.2, 0.25) is 0 Å². The predicted octanol–water partition coefficient (Wildman–Crippen LogP) is 1.78. The van der Waals surface area contributed by atoms with Crippen molar-refractivity contribution in [1.82, 2.24) is 0 Å². The molecule has 0 atom stereocenters. The maximum atomic E-state index is 13.2. The van der Waals surface area contributed by atoms with Crippen LogP contribution in [0.15, 0.2) is 22.6 Å². The Labute approximate surface area is 79.9 Å². The first-order valence-corrected chi connectivity index (χ1v) is 4.33. The molecule has 2 rings (SSSR count). The maximum Gasteiger partial charge on any atom is 0.173 e. The number of nitrogens with two attached hydrogens (primary N) is 1. The summed E-state index contributed by atoms with van der Waals surface area (Å²) < 4.78 is 18.3. The molecule has 0 radical (unpaired) electrons. The van der Waals surface area contributed by atoms with Gasteiger partial charge in [-0.1, -0.05) is 6.07 Å². The van der Waals surface area contributed by atoms with Crippen LogP contribution in [-0.4, -0.2) is 11.7 Å². The second-order valence-corrected chi connectivity index (χ2v) is 3.03. The Morgan fingerprint density at radius 1 is 1.43 bits per heavy atom. The average Bonchev–Trinajstić information content (AvgIpc) is 2.48. The van der Waals surface area contributed by atoms with Crippen molar-refractivity contribution in [1.29, 1.82) is 0 Å². The van der Waals surface area contributed by atoms with Crippen molar-refractivity contribution in [3.05, 3.63) is 29.8 Å². The molecule has 3 nitrogen and oxygen atoms in total. The Kier molecular flexibility index (Phi) is 2.13. The van der Waals surface area contributed by atoms with E-state index < -0.39 is 5.82 Å². The minimum Gasteiger partial charge on any atom is -0.504 e. The van der Waals surface area contributed by atoms with Crippen LogP contribution in [0, 0.1) is 5.82 Å². The van der Waals surface area contributed by atoms with Crippen molar-refractivity contribution < 1.29 is 13.9 Å². The molecule has 0 fully saturated rings. The fourth-order valence-electron chi connectivity index (χ4n) is 1.42. The lowest BCUT2D eigenvalue weighted by Gasteiger charge is -1.91. The molecule has 0 bridgehead atoms. The highest BCUT2D eigenvalue weighted by atomic mass is 19.1. The first kappa shape index (κ1) is 9.02. The summed E-state index contributed by atoms with van der Waals surface area (Å²) in [7, 11) is 0. The molecule has 0 saturated heterocycles. The zero-order valence-electron chi connectivity index (χ0n) is 7.46. The fourth-order valence-corrected chi connectivity index (χ4v) is 1.42. The monoisotopic (exact) mass is 195 g/mol. The van der Waals surface area contributed by atoms with Crippen molar-refractivity contribution in [2.75, 3.05) is 6.54 Å². The number of halogens is 1. The summed E-state index contributed by atoms with van der Waals surface area (Å²) in [6.07, 6.45) is 0.403. The third-order valence-electron chi connectivity index (χ3n) is 2.08. The summed E-state index contributed by atoms with van der Waals surface area (Å²) >= 11 is 0. The normalized spacial score (nSPS) is 11.0. The molecule has 2 aromatic rings. The largest absolute Gasteiger partial charge is 0.504 e. The predicted molar refractivity (Wildman–Crippen MR) is 50.6 cm³/mol. The maximum absolute atomic E-state index is 13.2. The van der Waals surface area contributed by atoms with Crippen LogP contribution >= 0.6 is 0 Å². The molecule has 3 N–H and O–H groups in total. The van der Waals surface area contributed by atoms with E-state index in [0.717, 1.165) is 0 Å². The van der Waals surface area contributed by atoms with Gasteiger partial charge in [-0.3, -0.25) is 0 Å².